The van der Waals surface area contributed by atoms with Gasteiger partial charge in [-0.2, -0.15) is 0 Å². The fourth-order valence-corrected chi connectivity index (χ4v) is 3.12. The van der Waals surface area contributed by atoms with Crippen LogP contribution in [0.25, 0.3) is 0 Å². The molecule has 1 unspecified atom stereocenters. The topological polar surface area (TPSA) is 66.6 Å². The molecule has 2 amide bonds. The second-order valence-electron chi connectivity index (χ2n) is 6.39. The Morgan fingerprint density at radius 3 is 2.15 bits per heavy atom. The zero-order chi connectivity index (χ0) is 18.5. The summed E-state index contributed by atoms with van der Waals surface area (Å²) in [4.78, 5) is 28.4. The van der Waals surface area contributed by atoms with Gasteiger partial charge in [-0.25, -0.2) is 4.39 Å². The molecule has 26 heavy (non-hydrogen) atoms. The molecule has 0 radical (unpaired) electrons. The lowest BCUT2D eigenvalue weighted by Gasteiger charge is -2.36. The van der Waals surface area contributed by atoms with E-state index in [2.05, 4.69) is 0 Å². The van der Waals surface area contributed by atoms with Crippen molar-refractivity contribution in [2.24, 2.45) is 5.73 Å². The van der Waals surface area contributed by atoms with Gasteiger partial charge in [0.2, 0.25) is 5.91 Å². The van der Waals surface area contributed by atoms with E-state index in [9.17, 15) is 14.0 Å². The first-order chi connectivity index (χ1) is 12.6. The van der Waals surface area contributed by atoms with Crippen molar-refractivity contribution < 1.29 is 14.0 Å². The van der Waals surface area contributed by atoms with Gasteiger partial charge >= 0.3 is 0 Å². The summed E-state index contributed by atoms with van der Waals surface area (Å²) in [6, 6.07) is 14.6. The predicted octanol–water partition coefficient (Wildman–Crippen LogP) is 1.68. The zero-order valence-electron chi connectivity index (χ0n) is 14.5. The van der Waals surface area contributed by atoms with E-state index < -0.39 is 6.04 Å². The van der Waals surface area contributed by atoms with E-state index in [4.69, 9.17) is 5.73 Å². The highest BCUT2D eigenvalue weighted by Gasteiger charge is 2.28. The van der Waals surface area contributed by atoms with Gasteiger partial charge in [-0.3, -0.25) is 9.59 Å². The van der Waals surface area contributed by atoms with Crippen LogP contribution in [0.5, 0.6) is 0 Å². The van der Waals surface area contributed by atoms with Crippen LogP contribution in [-0.4, -0.2) is 53.8 Å². The molecule has 1 atom stereocenters. The molecular formula is C20H22FN3O2. The van der Waals surface area contributed by atoms with Crippen LogP contribution in [0.15, 0.2) is 54.6 Å². The molecule has 0 aliphatic carbocycles. The molecule has 2 aromatic rings. The molecule has 3 rings (SSSR count). The van der Waals surface area contributed by atoms with Crippen molar-refractivity contribution in [3.63, 3.8) is 0 Å². The number of hydrogen-bond donors (Lipinski definition) is 1. The van der Waals surface area contributed by atoms with Crippen LogP contribution in [0.2, 0.25) is 0 Å². The Bertz CT molecular complexity index is 774. The smallest absolute Gasteiger partial charge is 0.253 e. The van der Waals surface area contributed by atoms with E-state index in [0.717, 1.165) is 0 Å². The molecule has 5 nitrogen and oxygen atoms in total. The van der Waals surface area contributed by atoms with Crippen molar-refractivity contribution in [1.29, 1.82) is 0 Å². The Kier molecular flexibility index (Phi) is 5.63. The van der Waals surface area contributed by atoms with Crippen molar-refractivity contribution in [2.75, 3.05) is 26.2 Å². The predicted molar refractivity (Wildman–Crippen MR) is 97.0 cm³/mol. The number of rotatable bonds is 4. The quantitative estimate of drug-likeness (QED) is 0.907. The first-order valence-electron chi connectivity index (χ1n) is 8.68. The number of benzene rings is 2. The molecule has 1 heterocycles. The molecule has 1 aliphatic heterocycles. The first kappa shape index (κ1) is 18.1. The molecule has 0 bridgehead atoms. The molecule has 1 saturated heterocycles. The van der Waals surface area contributed by atoms with Gasteiger partial charge < -0.3 is 15.5 Å². The van der Waals surface area contributed by atoms with E-state index in [1.807, 2.05) is 18.2 Å². The number of halogens is 1. The largest absolute Gasteiger partial charge is 0.338 e. The van der Waals surface area contributed by atoms with Crippen molar-refractivity contribution in [2.45, 2.75) is 12.5 Å². The van der Waals surface area contributed by atoms with Crippen LogP contribution in [0.1, 0.15) is 15.9 Å². The summed E-state index contributed by atoms with van der Waals surface area (Å²) in [6.45, 7) is 1.79. The number of carbonyl (C=O) groups is 2. The van der Waals surface area contributed by atoms with Gasteiger partial charge in [-0.05, 0) is 30.2 Å². The Morgan fingerprint density at radius 2 is 1.50 bits per heavy atom. The summed E-state index contributed by atoms with van der Waals surface area (Å²) < 4.78 is 13.7. The Balaban J connectivity index is 1.55. The van der Waals surface area contributed by atoms with Crippen molar-refractivity contribution >= 4 is 11.8 Å². The number of nitrogens with two attached hydrogens (primary N) is 1. The third-order valence-electron chi connectivity index (χ3n) is 4.61. The molecule has 2 aromatic carbocycles. The standard InChI is InChI=1S/C20H22FN3O2/c21-17-9-5-4-8-16(17)14-18(22)20(26)24-12-10-23(11-13-24)19(25)15-6-2-1-3-7-15/h1-9,18H,10-14,22H2. The van der Waals surface area contributed by atoms with E-state index >= 15 is 0 Å². The van der Waals surface area contributed by atoms with E-state index in [0.29, 0.717) is 37.3 Å². The fraction of sp³-hybridized carbons (Fsp3) is 0.300. The van der Waals surface area contributed by atoms with Gasteiger partial charge in [0.05, 0.1) is 6.04 Å². The lowest BCUT2D eigenvalue weighted by atomic mass is 10.0. The van der Waals surface area contributed by atoms with E-state index in [1.165, 1.54) is 6.07 Å². The third-order valence-corrected chi connectivity index (χ3v) is 4.61. The summed E-state index contributed by atoms with van der Waals surface area (Å²) in [5, 5.41) is 0. The maximum absolute atomic E-state index is 13.7. The maximum atomic E-state index is 13.7. The van der Waals surface area contributed by atoms with Gasteiger partial charge in [0, 0.05) is 31.7 Å². The van der Waals surface area contributed by atoms with Crippen molar-refractivity contribution in [3.8, 4) is 0 Å². The molecule has 0 saturated carbocycles. The highest BCUT2D eigenvalue weighted by Crippen LogP contribution is 2.12. The minimum atomic E-state index is -0.789. The fourth-order valence-electron chi connectivity index (χ4n) is 3.12. The summed E-state index contributed by atoms with van der Waals surface area (Å²) in [5.41, 5.74) is 7.07. The van der Waals surface area contributed by atoms with Gasteiger partial charge in [0.25, 0.3) is 5.91 Å². The van der Waals surface area contributed by atoms with Crippen molar-refractivity contribution in [1.82, 2.24) is 9.80 Å². The molecule has 1 aliphatic rings. The van der Waals surface area contributed by atoms with Crippen LogP contribution in [0.3, 0.4) is 0 Å². The SMILES string of the molecule is NC(Cc1ccccc1F)C(=O)N1CCN(C(=O)c2ccccc2)CC1. The zero-order valence-corrected chi connectivity index (χ0v) is 14.5. The second-order valence-corrected chi connectivity index (χ2v) is 6.39. The summed E-state index contributed by atoms with van der Waals surface area (Å²) in [7, 11) is 0. The van der Waals surface area contributed by atoms with E-state index in [1.54, 1.807) is 40.1 Å². The number of nitrogens with zero attached hydrogens (tertiary/aromatic N) is 2. The minimum Gasteiger partial charge on any atom is -0.338 e. The van der Waals surface area contributed by atoms with Crippen molar-refractivity contribution in [3.05, 3.63) is 71.5 Å². The Morgan fingerprint density at radius 1 is 0.923 bits per heavy atom. The second kappa shape index (κ2) is 8.10. The van der Waals surface area contributed by atoms with Crippen LogP contribution in [0.4, 0.5) is 4.39 Å². The normalized spacial score (nSPS) is 15.6. The van der Waals surface area contributed by atoms with Gasteiger partial charge in [-0.1, -0.05) is 36.4 Å². The van der Waals surface area contributed by atoms with Crippen LogP contribution in [-0.2, 0) is 11.2 Å². The molecular weight excluding hydrogens is 333 g/mol. The van der Waals surface area contributed by atoms with Crippen LogP contribution in [0, 0.1) is 5.82 Å². The lowest BCUT2D eigenvalue weighted by molar-refractivity contribution is -0.134. The molecule has 6 heteroatoms. The molecule has 0 aromatic heterocycles. The monoisotopic (exact) mass is 355 g/mol. The number of piperazine rings is 1. The first-order valence-corrected chi connectivity index (χ1v) is 8.68. The Hall–Kier alpha value is -2.73. The highest BCUT2D eigenvalue weighted by atomic mass is 19.1. The average Bonchev–Trinajstić information content (AvgIpc) is 2.69. The molecule has 0 spiro atoms. The lowest BCUT2D eigenvalue weighted by Crippen LogP contribution is -2.54. The molecule has 1 fully saturated rings. The highest BCUT2D eigenvalue weighted by molar-refractivity contribution is 5.94. The number of amides is 2. The van der Waals surface area contributed by atoms with Crippen LogP contribution < -0.4 is 5.73 Å². The van der Waals surface area contributed by atoms with Crippen LogP contribution >= 0.6 is 0 Å². The van der Waals surface area contributed by atoms with Gasteiger partial charge in [0.15, 0.2) is 0 Å². The molecule has 2 N–H and O–H groups in total. The maximum Gasteiger partial charge on any atom is 0.253 e. The molecule has 136 valence electrons. The third kappa shape index (κ3) is 4.08. The number of hydrogen-bond acceptors (Lipinski definition) is 3. The van der Waals surface area contributed by atoms with Gasteiger partial charge in [-0.15, -0.1) is 0 Å². The summed E-state index contributed by atoms with van der Waals surface area (Å²) >= 11 is 0. The van der Waals surface area contributed by atoms with Gasteiger partial charge in [0.1, 0.15) is 5.82 Å². The summed E-state index contributed by atoms with van der Waals surface area (Å²) in [5.74, 6) is -0.595. The minimum absolute atomic E-state index is 0.0339. The number of carbonyl (C=O) groups excluding carboxylic acids is 2. The average molecular weight is 355 g/mol. The van der Waals surface area contributed by atoms with E-state index in [-0.39, 0.29) is 24.1 Å². The Labute approximate surface area is 152 Å². The summed E-state index contributed by atoms with van der Waals surface area (Å²) in [6.07, 6.45) is 0.161.